The number of nitrogens with zero attached hydrogens (tertiary/aromatic N) is 2. The van der Waals surface area contributed by atoms with Crippen molar-refractivity contribution in [3.05, 3.63) is 53.1 Å². The fourth-order valence-corrected chi connectivity index (χ4v) is 7.16. The summed E-state index contributed by atoms with van der Waals surface area (Å²) in [6.07, 6.45) is 1.74. The van der Waals surface area contributed by atoms with E-state index in [1.165, 1.54) is 12.0 Å². The number of rotatable bonds is 3. The number of likely N-dealkylation sites (N-methyl/N-ethyl adjacent to an activating group) is 1. The molecule has 1 spiro atoms. The van der Waals surface area contributed by atoms with Crippen molar-refractivity contribution >= 4 is 40.7 Å². The molecule has 0 aromatic heterocycles. The molecule has 4 aliphatic rings. The smallest absolute Gasteiger partial charge is 0.294 e. The third kappa shape index (κ3) is 2.36. The van der Waals surface area contributed by atoms with E-state index in [0.717, 1.165) is 35.5 Å². The lowest BCUT2D eigenvalue weighted by Crippen LogP contribution is -3.20. The van der Waals surface area contributed by atoms with Crippen LogP contribution in [0.4, 0.5) is 11.4 Å². The van der Waals surface area contributed by atoms with Gasteiger partial charge in [-0.1, -0.05) is 29.8 Å². The molecule has 2 aromatic carbocycles. The topological polar surface area (TPSA) is 71.4 Å². The number of halogens is 1. The maximum atomic E-state index is 14.2. The van der Waals surface area contributed by atoms with Crippen LogP contribution >= 0.6 is 11.6 Å². The molecule has 0 bridgehead atoms. The van der Waals surface area contributed by atoms with Gasteiger partial charge in [-0.3, -0.25) is 14.4 Å². The van der Waals surface area contributed by atoms with Gasteiger partial charge in [0.25, 0.3) is 5.91 Å². The Morgan fingerprint density at radius 1 is 1.12 bits per heavy atom. The molecule has 3 amide bonds. The molecule has 0 aliphatic carbocycles. The lowest BCUT2D eigenvalue weighted by molar-refractivity contribution is -0.948. The minimum Gasteiger partial charge on any atom is -0.495 e. The van der Waals surface area contributed by atoms with Crippen LogP contribution in [0.25, 0.3) is 0 Å². The van der Waals surface area contributed by atoms with E-state index in [1.54, 1.807) is 23.1 Å². The number of quaternary nitrogens is 1. The fraction of sp³-hybridized carbons (Fsp3) is 0.400. The number of amides is 3. The summed E-state index contributed by atoms with van der Waals surface area (Å²) in [5.41, 5.74) is 0.983. The first kappa shape index (κ1) is 20.7. The average molecular weight is 467 g/mol. The number of fused-ring (bicyclic) bond motifs is 7. The van der Waals surface area contributed by atoms with Crippen molar-refractivity contribution in [2.24, 2.45) is 11.8 Å². The summed E-state index contributed by atoms with van der Waals surface area (Å²) in [7, 11) is 1.50. The van der Waals surface area contributed by atoms with Crippen molar-refractivity contribution in [2.75, 3.05) is 30.0 Å². The molecule has 170 valence electrons. The predicted molar refractivity (Wildman–Crippen MR) is 122 cm³/mol. The molecule has 4 aliphatic heterocycles. The summed E-state index contributed by atoms with van der Waals surface area (Å²) in [6.45, 7) is 3.24. The van der Waals surface area contributed by atoms with Crippen LogP contribution in [-0.2, 0) is 19.9 Å². The highest BCUT2D eigenvalue weighted by molar-refractivity contribution is 6.32. The van der Waals surface area contributed by atoms with Crippen molar-refractivity contribution < 1.29 is 24.0 Å². The Hall–Kier alpha value is -2.90. The Morgan fingerprint density at radius 2 is 1.91 bits per heavy atom. The monoisotopic (exact) mass is 466 g/mol. The zero-order chi connectivity index (χ0) is 23.1. The third-order valence-corrected chi connectivity index (χ3v) is 8.30. The number of carbonyl (C=O) groups excluding carboxylic acids is 3. The van der Waals surface area contributed by atoms with Crippen LogP contribution in [0.2, 0.25) is 5.02 Å². The highest BCUT2D eigenvalue weighted by Gasteiger charge is 2.79. The number of hydrogen-bond acceptors (Lipinski definition) is 4. The first-order valence-electron chi connectivity index (χ1n) is 11.5. The Balaban J connectivity index is 1.57. The Kier molecular flexibility index (Phi) is 4.42. The second-order valence-corrected chi connectivity index (χ2v) is 9.67. The molecule has 2 aromatic rings. The van der Waals surface area contributed by atoms with Crippen molar-refractivity contribution in [3.63, 3.8) is 0 Å². The van der Waals surface area contributed by atoms with E-state index in [2.05, 4.69) is 0 Å². The predicted octanol–water partition coefficient (Wildman–Crippen LogP) is 1.78. The number of anilines is 2. The van der Waals surface area contributed by atoms with Crippen LogP contribution in [0.3, 0.4) is 0 Å². The summed E-state index contributed by atoms with van der Waals surface area (Å²) >= 11 is 6.24. The number of ether oxygens (including phenoxy) is 1. The SMILES string of the molecule is CCN1C(=O)[C@@]2(c3ccccc31)[C@@H]1C(=O)N(c3cc(Cl)ccc3OC)C(=O)[C@@H]1[C@@H]1CCC[NH+]12. The summed E-state index contributed by atoms with van der Waals surface area (Å²) in [6, 6.07) is 12.6. The van der Waals surface area contributed by atoms with Crippen LogP contribution in [0, 0.1) is 11.8 Å². The average Bonchev–Trinajstić information content (AvgIpc) is 3.51. The highest BCUT2D eigenvalue weighted by Crippen LogP contribution is 2.54. The summed E-state index contributed by atoms with van der Waals surface area (Å²) in [5, 5.41) is 0.408. The van der Waals surface area contributed by atoms with Gasteiger partial charge in [0.05, 0.1) is 25.0 Å². The second kappa shape index (κ2) is 7.05. The molecule has 0 radical (unpaired) electrons. The lowest BCUT2D eigenvalue weighted by atomic mass is 9.75. The van der Waals surface area contributed by atoms with Crippen LogP contribution in [0.5, 0.6) is 5.75 Å². The zero-order valence-electron chi connectivity index (χ0n) is 18.5. The van der Waals surface area contributed by atoms with E-state index >= 15 is 0 Å². The largest absolute Gasteiger partial charge is 0.495 e. The quantitative estimate of drug-likeness (QED) is 0.700. The lowest BCUT2D eigenvalue weighted by Gasteiger charge is -2.34. The van der Waals surface area contributed by atoms with Gasteiger partial charge in [0.2, 0.25) is 17.4 Å². The number of para-hydroxylation sites is 1. The summed E-state index contributed by atoms with van der Waals surface area (Å²) in [4.78, 5) is 46.3. The van der Waals surface area contributed by atoms with Crippen molar-refractivity contribution in [2.45, 2.75) is 31.3 Å². The van der Waals surface area contributed by atoms with E-state index in [-0.39, 0.29) is 23.8 Å². The number of imide groups is 1. The Bertz CT molecular complexity index is 1220. The summed E-state index contributed by atoms with van der Waals surface area (Å²) < 4.78 is 5.46. The first-order chi connectivity index (χ1) is 16.0. The highest BCUT2D eigenvalue weighted by atomic mass is 35.5. The van der Waals surface area contributed by atoms with E-state index in [9.17, 15) is 14.4 Å². The number of hydrogen-bond donors (Lipinski definition) is 1. The van der Waals surface area contributed by atoms with E-state index in [1.807, 2.05) is 31.2 Å². The van der Waals surface area contributed by atoms with Crippen LogP contribution < -0.4 is 19.4 Å². The molecule has 3 saturated heterocycles. The maximum Gasteiger partial charge on any atom is 0.294 e. The van der Waals surface area contributed by atoms with Crippen molar-refractivity contribution in [1.82, 2.24) is 0 Å². The van der Waals surface area contributed by atoms with Gasteiger partial charge in [-0.15, -0.1) is 0 Å². The van der Waals surface area contributed by atoms with Crippen molar-refractivity contribution in [1.29, 1.82) is 0 Å². The van der Waals surface area contributed by atoms with Crippen LogP contribution in [-0.4, -0.2) is 44.0 Å². The number of nitrogens with one attached hydrogen (secondary N) is 1. The van der Waals surface area contributed by atoms with Crippen LogP contribution in [0.1, 0.15) is 25.3 Å². The normalized spacial score (nSPS) is 32.0. The van der Waals surface area contributed by atoms with Gasteiger partial charge >= 0.3 is 0 Å². The van der Waals surface area contributed by atoms with Gasteiger partial charge in [-0.2, -0.15) is 0 Å². The minimum atomic E-state index is -1.08. The Morgan fingerprint density at radius 3 is 2.67 bits per heavy atom. The molecule has 1 unspecified atom stereocenters. The van der Waals surface area contributed by atoms with Crippen molar-refractivity contribution in [3.8, 4) is 5.75 Å². The molecule has 7 nitrogen and oxygen atoms in total. The molecule has 6 rings (SSSR count). The molecular weight excluding hydrogens is 442 g/mol. The standard InChI is InChI=1S/C25H24ClN3O4/c1-3-27-16-8-5-4-7-15(16)25(24(27)32)21-20(17-9-6-12-28(17)25)22(30)29(23(21)31)18-13-14(26)10-11-19(18)33-2/h4-5,7-8,10-11,13,17,20-21H,3,6,9,12H2,1-2H3/p+1/t17-,20+,21-,25+/m0/s1. The maximum absolute atomic E-state index is 14.2. The van der Waals surface area contributed by atoms with Crippen LogP contribution in [0.15, 0.2) is 42.5 Å². The van der Waals surface area contributed by atoms with E-state index in [4.69, 9.17) is 16.3 Å². The number of carbonyl (C=O) groups is 3. The van der Waals surface area contributed by atoms with Gasteiger partial charge in [-0.25, -0.2) is 4.90 Å². The van der Waals surface area contributed by atoms with Gasteiger partial charge in [-0.05, 0) is 31.2 Å². The third-order valence-electron chi connectivity index (χ3n) is 8.07. The molecule has 33 heavy (non-hydrogen) atoms. The molecule has 1 N–H and O–H groups in total. The molecular formula is C25H25ClN3O4+. The number of methoxy groups -OCH3 is 1. The van der Waals surface area contributed by atoms with Gasteiger partial charge in [0, 0.05) is 30.0 Å². The summed E-state index contributed by atoms with van der Waals surface area (Å²) in [5.74, 6) is -1.56. The molecule has 4 heterocycles. The molecule has 5 atom stereocenters. The Labute approximate surface area is 196 Å². The van der Waals surface area contributed by atoms with E-state index in [0.29, 0.717) is 23.0 Å². The minimum absolute atomic E-state index is 0.0679. The second-order valence-electron chi connectivity index (χ2n) is 9.23. The first-order valence-corrected chi connectivity index (χ1v) is 11.8. The van der Waals surface area contributed by atoms with E-state index < -0.39 is 17.4 Å². The van der Waals surface area contributed by atoms with Gasteiger partial charge in [0.15, 0.2) is 0 Å². The molecule has 0 saturated carbocycles. The molecule has 8 heteroatoms. The number of benzene rings is 2. The zero-order valence-corrected chi connectivity index (χ0v) is 19.3. The van der Waals surface area contributed by atoms with Gasteiger partial charge < -0.3 is 14.5 Å². The molecule has 3 fully saturated rings. The fourth-order valence-electron chi connectivity index (χ4n) is 6.99. The van der Waals surface area contributed by atoms with Gasteiger partial charge in [0.1, 0.15) is 23.6 Å².